The van der Waals surface area contributed by atoms with Crippen LogP contribution in [0.5, 0.6) is 0 Å². The van der Waals surface area contributed by atoms with E-state index in [4.69, 9.17) is 0 Å². The Bertz CT molecular complexity index is 1110. The number of rotatable bonds is 3. The van der Waals surface area contributed by atoms with E-state index in [0.717, 1.165) is 38.6 Å². The summed E-state index contributed by atoms with van der Waals surface area (Å²) in [7, 11) is 1.86. The Morgan fingerprint density at radius 2 is 1.84 bits per heavy atom. The van der Waals surface area contributed by atoms with Crippen LogP contribution in [0.3, 0.4) is 0 Å². The summed E-state index contributed by atoms with van der Waals surface area (Å²) in [5, 5.41) is 14.4. The fourth-order valence-corrected chi connectivity index (χ4v) is 3.13. The van der Waals surface area contributed by atoms with Crippen LogP contribution >= 0.6 is 0 Å². The van der Waals surface area contributed by atoms with Crippen LogP contribution in [0.4, 0.5) is 5.69 Å². The van der Waals surface area contributed by atoms with E-state index in [1.165, 1.54) is 0 Å². The molecular formula is C20H17N3O2. The molecule has 5 heteroatoms. The van der Waals surface area contributed by atoms with Crippen LogP contribution in [0.15, 0.2) is 48.5 Å². The number of hydrogen-bond acceptors (Lipinski definition) is 3. The third kappa shape index (κ3) is 2.50. The van der Waals surface area contributed by atoms with Gasteiger partial charge in [0.2, 0.25) is 0 Å². The lowest BCUT2D eigenvalue weighted by atomic mass is 10.1. The third-order valence-corrected chi connectivity index (χ3v) is 4.41. The molecular weight excluding hydrogens is 314 g/mol. The zero-order valence-electron chi connectivity index (χ0n) is 13.9. The molecule has 0 fully saturated rings. The monoisotopic (exact) mass is 331 g/mol. The summed E-state index contributed by atoms with van der Waals surface area (Å²) < 4.78 is 0. The highest BCUT2D eigenvalue weighted by Gasteiger charge is 2.16. The highest BCUT2D eigenvalue weighted by molar-refractivity contribution is 6.12. The molecule has 4 rings (SSSR count). The van der Waals surface area contributed by atoms with Crippen molar-refractivity contribution in [2.45, 2.75) is 6.92 Å². The van der Waals surface area contributed by atoms with Gasteiger partial charge in [-0.15, -0.1) is 0 Å². The number of benzene rings is 2. The molecule has 2 aromatic carbocycles. The normalized spacial score (nSPS) is 11.1. The summed E-state index contributed by atoms with van der Waals surface area (Å²) in [5.74, 6) is -1.03. The first kappa shape index (κ1) is 15.2. The number of hydrogen-bond donors (Lipinski definition) is 3. The molecule has 0 radical (unpaired) electrons. The van der Waals surface area contributed by atoms with E-state index >= 15 is 0 Å². The number of pyridine rings is 1. The first-order valence-electron chi connectivity index (χ1n) is 8.01. The number of aromatic carboxylic acids is 1. The summed E-state index contributed by atoms with van der Waals surface area (Å²) in [6.07, 6.45) is 0. The number of anilines is 1. The van der Waals surface area contributed by atoms with Crippen LogP contribution in [-0.4, -0.2) is 28.1 Å². The number of nitrogens with zero attached hydrogens (tertiary/aromatic N) is 1. The predicted molar refractivity (Wildman–Crippen MR) is 100 cm³/mol. The Morgan fingerprint density at radius 1 is 1.08 bits per heavy atom. The molecule has 0 unspecified atom stereocenters. The second-order valence-electron chi connectivity index (χ2n) is 6.09. The van der Waals surface area contributed by atoms with Gasteiger partial charge in [0, 0.05) is 34.6 Å². The average Bonchev–Trinajstić information content (AvgIpc) is 2.98. The number of aromatic nitrogens is 2. The van der Waals surface area contributed by atoms with Gasteiger partial charge >= 0.3 is 5.97 Å². The lowest BCUT2D eigenvalue weighted by Crippen LogP contribution is -2.01. The number of nitrogens with one attached hydrogen (secondary N) is 2. The number of H-pyrrole nitrogens is 1. The Balaban J connectivity index is 2.06. The summed E-state index contributed by atoms with van der Waals surface area (Å²) in [6, 6.07) is 15.5. The van der Waals surface area contributed by atoms with E-state index in [-0.39, 0.29) is 5.69 Å². The van der Waals surface area contributed by atoms with Crippen molar-refractivity contribution in [1.29, 1.82) is 0 Å². The van der Waals surface area contributed by atoms with Crippen molar-refractivity contribution in [1.82, 2.24) is 9.97 Å². The largest absolute Gasteiger partial charge is 0.477 e. The highest BCUT2D eigenvalue weighted by atomic mass is 16.4. The maximum absolute atomic E-state index is 11.6. The minimum absolute atomic E-state index is 0.0432. The molecule has 4 aromatic rings. The highest BCUT2D eigenvalue weighted by Crippen LogP contribution is 2.33. The van der Waals surface area contributed by atoms with E-state index in [2.05, 4.69) is 21.4 Å². The van der Waals surface area contributed by atoms with Gasteiger partial charge in [0.25, 0.3) is 0 Å². The second-order valence-corrected chi connectivity index (χ2v) is 6.09. The van der Waals surface area contributed by atoms with Crippen LogP contribution in [0.1, 0.15) is 16.1 Å². The lowest BCUT2D eigenvalue weighted by Gasteiger charge is -2.06. The first-order chi connectivity index (χ1) is 12.1. The molecule has 0 saturated heterocycles. The van der Waals surface area contributed by atoms with Crippen LogP contribution in [0, 0.1) is 6.92 Å². The minimum Gasteiger partial charge on any atom is -0.477 e. The Hall–Kier alpha value is -3.34. The SMILES string of the molecule is CNc1ccc(-c2nc(C(=O)O)cc3c2[nH]c2cc(C)ccc23)cc1. The fraction of sp³-hybridized carbons (Fsp3) is 0.100. The van der Waals surface area contributed by atoms with Crippen LogP contribution < -0.4 is 5.32 Å². The summed E-state index contributed by atoms with van der Waals surface area (Å²) >= 11 is 0. The summed E-state index contributed by atoms with van der Waals surface area (Å²) in [6.45, 7) is 2.03. The molecule has 0 bridgehead atoms. The van der Waals surface area contributed by atoms with Crippen LogP contribution in [0.25, 0.3) is 33.1 Å². The number of carboxylic acids is 1. The number of aromatic amines is 1. The van der Waals surface area contributed by atoms with Gasteiger partial charge in [0.15, 0.2) is 0 Å². The Labute approximate surface area is 144 Å². The molecule has 124 valence electrons. The molecule has 2 heterocycles. The maximum atomic E-state index is 11.6. The van der Waals surface area contributed by atoms with Crippen molar-refractivity contribution in [3.05, 3.63) is 59.8 Å². The van der Waals surface area contributed by atoms with E-state index in [0.29, 0.717) is 5.69 Å². The molecule has 0 spiro atoms. The maximum Gasteiger partial charge on any atom is 0.354 e. The molecule has 0 amide bonds. The molecule has 3 N–H and O–H groups in total. The zero-order chi connectivity index (χ0) is 17.6. The number of carboxylic acid groups (broad SMARTS) is 1. The average molecular weight is 331 g/mol. The zero-order valence-corrected chi connectivity index (χ0v) is 13.9. The van der Waals surface area contributed by atoms with Gasteiger partial charge in [-0.25, -0.2) is 9.78 Å². The quantitative estimate of drug-likeness (QED) is 0.519. The molecule has 0 aliphatic rings. The van der Waals surface area contributed by atoms with Crippen LogP contribution in [-0.2, 0) is 0 Å². The Morgan fingerprint density at radius 3 is 2.52 bits per heavy atom. The molecule has 25 heavy (non-hydrogen) atoms. The number of aryl methyl sites for hydroxylation is 1. The smallest absolute Gasteiger partial charge is 0.354 e. The van der Waals surface area contributed by atoms with Gasteiger partial charge in [-0.05, 0) is 36.8 Å². The second kappa shape index (κ2) is 5.63. The minimum atomic E-state index is -1.03. The summed E-state index contributed by atoms with van der Waals surface area (Å²) in [4.78, 5) is 19.4. The molecule has 2 aromatic heterocycles. The van der Waals surface area contributed by atoms with Crippen molar-refractivity contribution in [3.8, 4) is 11.3 Å². The van der Waals surface area contributed by atoms with Crippen molar-refractivity contribution in [2.24, 2.45) is 0 Å². The van der Waals surface area contributed by atoms with Gasteiger partial charge in [0.1, 0.15) is 5.69 Å². The van der Waals surface area contributed by atoms with E-state index in [1.54, 1.807) is 6.07 Å². The first-order valence-corrected chi connectivity index (χ1v) is 8.01. The number of carbonyl (C=O) groups is 1. The molecule has 5 nitrogen and oxygen atoms in total. The summed E-state index contributed by atoms with van der Waals surface area (Å²) in [5.41, 5.74) is 5.52. The molecule has 0 aliphatic carbocycles. The Kier molecular flexibility index (Phi) is 3.42. The predicted octanol–water partition coefficient (Wildman–Crippen LogP) is 4.43. The molecule has 0 saturated carbocycles. The number of fused-ring (bicyclic) bond motifs is 3. The standard InChI is InChI=1S/C20H17N3O2/c1-11-3-8-14-15-10-17(20(24)25)23-18(19(15)22-16(14)9-11)12-4-6-13(21-2)7-5-12/h3-10,21-22H,1-2H3,(H,24,25). The molecule has 0 aliphatic heterocycles. The molecule has 0 atom stereocenters. The van der Waals surface area contributed by atoms with Crippen LogP contribution in [0.2, 0.25) is 0 Å². The third-order valence-electron chi connectivity index (χ3n) is 4.41. The van der Waals surface area contributed by atoms with Crippen molar-refractivity contribution in [2.75, 3.05) is 12.4 Å². The fourth-order valence-electron chi connectivity index (χ4n) is 3.13. The van der Waals surface area contributed by atoms with Crippen molar-refractivity contribution < 1.29 is 9.90 Å². The topological polar surface area (TPSA) is 78.0 Å². The van der Waals surface area contributed by atoms with E-state index in [9.17, 15) is 9.90 Å². The van der Waals surface area contributed by atoms with E-state index in [1.807, 2.05) is 50.4 Å². The van der Waals surface area contributed by atoms with Crippen molar-refractivity contribution in [3.63, 3.8) is 0 Å². The lowest BCUT2D eigenvalue weighted by molar-refractivity contribution is 0.0691. The van der Waals surface area contributed by atoms with E-state index < -0.39 is 5.97 Å². The van der Waals surface area contributed by atoms with Gasteiger partial charge in [-0.1, -0.05) is 24.3 Å². The van der Waals surface area contributed by atoms with Gasteiger partial charge in [-0.2, -0.15) is 0 Å². The van der Waals surface area contributed by atoms with Gasteiger partial charge in [0.05, 0.1) is 11.2 Å². The van der Waals surface area contributed by atoms with Gasteiger partial charge < -0.3 is 15.4 Å². The van der Waals surface area contributed by atoms with Gasteiger partial charge in [-0.3, -0.25) is 0 Å². The van der Waals surface area contributed by atoms with Crippen molar-refractivity contribution >= 4 is 33.5 Å².